The molecule has 1 aliphatic rings. The quantitative estimate of drug-likeness (QED) is 0.727. The molecule has 1 fully saturated rings. The molecule has 0 aliphatic carbocycles. The maximum Gasteiger partial charge on any atom is 0.310 e. The second-order valence-corrected chi connectivity index (χ2v) is 3.99. The average Bonchev–Trinajstić information content (AvgIpc) is 2.78. The summed E-state index contributed by atoms with van der Waals surface area (Å²) in [5, 5.41) is 12.4. The number of rotatable bonds is 2. The van der Waals surface area contributed by atoms with Crippen molar-refractivity contribution in [2.75, 3.05) is 20.2 Å². The summed E-state index contributed by atoms with van der Waals surface area (Å²) in [6.07, 6.45) is 0. The maximum atomic E-state index is 11.6. The number of methoxy groups -OCH3 is 1. The molecule has 4 heteroatoms. The minimum atomic E-state index is -0.178. The van der Waals surface area contributed by atoms with Crippen molar-refractivity contribution >= 4 is 5.97 Å². The molecule has 1 aromatic rings. The van der Waals surface area contributed by atoms with Crippen LogP contribution in [0.25, 0.3) is 0 Å². The largest absolute Gasteiger partial charge is 0.508 e. The number of phenolic OH excluding ortho intramolecular Hbond substituents is 1. The normalized spacial score (nSPS) is 24.3. The van der Waals surface area contributed by atoms with Crippen molar-refractivity contribution in [1.29, 1.82) is 0 Å². The lowest BCUT2D eigenvalue weighted by molar-refractivity contribution is -0.145. The van der Waals surface area contributed by atoms with E-state index >= 15 is 0 Å². The van der Waals surface area contributed by atoms with Crippen molar-refractivity contribution in [2.24, 2.45) is 5.92 Å². The molecular formula is C12H15NO3. The lowest BCUT2D eigenvalue weighted by atomic mass is 9.89. The van der Waals surface area contributed by atoms with Crippen molar-refractivity contribution in [3.05, 3.63) is 29.8 Å². The molecular weight excluding hydrogens is 206 g/mol. The highest BCUT2D eigenvalue weighted by Gasteiger charge is 2.34. The van der Waals surface area contributed by atoms with Gasteiger partial charge in [-0.25, -0.2) is 0 Å². The maximum absolute atomic E-state index is 11.6. The number of aromatic hydroxyl groups is 1. The number of hydrogen-bond donors (Lipinski definition) is 2. The molecule has 0 radical (unpaired) electrons. The van der Waals surface area contributed by atoms with Gasteiger partial charge in [-0.15, -0.1) is 0 Å². The summed E-state index contributed by atoms with van der Waals surface area (Å²) < 4.78 is 4.78. The van der Waals surface area contributed by atoms with E-state index in [2.05, 4.69) is 5.32 Å². The first-order valence-corrected chi connectivity index (χ1v) is 5.30. The zero-order chi connectivity index (χ0) is 11.5. The number of phenols is 1. The second-order valence-electron chi connectivity index (χ2n) is 3.99. The summed E-state index contributed by atoms with van der Waals surface area (Å²) in [5.74, 6) is 0.0648. The first kappa shape index (κ1) is 11.0. The Kier molecular flexibility index (Phi) is 3.10. The van der Waals surface area contributed by atoms with Crippen LogP contribution in [0.5, 0.6) is 5.75 Å². The second kappa shape index (κ2) is 4.53. The van der Waals surface area contributed by atoms with Crippen LogP contribution in [0.2, 0.25) is 0 Å². The van der Waals surface area contributed by atoms with E-state index in [1.807, 2.05) is 12.1 Å². The fraction of sp³-hybridized carbons (Fsp3) is 0.417. The zero-order valence-electron chi connectivity index (χ0n) is 9.14. The molecule has 2 atom stereocenters. The number of carbonyl (C=O) groups is 1. The van der Waals surface area contributed by atoms with E-state index in [9.17, 15) is 9.90 Å². The minimum Gasteiger partial charge on any atom is -0.508 e. The van der Waals surface area contributed by atoms with Crippen LogP contribution in [0.1, 0.15) is 11.5 Å². The molecule has 0 unspecified atom stereocenters. The van der Waals surface area contributed by atoms with Gasteiger partial charge in [-0.3, -0.25) is 4.79 Å². The van der Waals surface area contributed by atoms with Crippen LogP contribution in [0.3, 0.4) is 0 Å². The van der Waals surface area contributed by atoms with Crippen LogP contribution in [0.15, 0.2) is 24.3 Å². The Bertz CT molecular complexity index is 374. The van der Waals surface area contributed by atoms with E-state index in [4.69, 9.17) is 4.74 Å². The van der Waals surface area contributed by atoms with Crippen LogP contribution in [0.4, 0.5) is 0 Å². The van der Waals surface area contributed by atoms with E-state index in [1.165, 1.54) is 7.11 Å². The molecule has 86 valence electrons. The average molecular weight is 221 g/mol. The molecule has 0 aromatic heterocycles. The number of ether oxygens (including phenoxy) is 1. The van der Waals surface area contributed by atoms with Crippen molar-refractivity contribution in [3.63, 3.8) is 0 Å². The van der Waals surface area contributed by atoms with Crippen LogP contribution < -0.4 is 5.32 Å². The predicted octanol–water partition coefficient (Wildman–Crippen LogP) is 0.868. The molecule has 2 N–H and O–H groups in total. The third-order valence-electron chi connectivity index (χ3n) is 3.04. The molecule has 1 heterocycles. The van der Waals surface area contributed by atoms with Crippen molar-refractivity contribution in [2.45, 2.75) is 5.92 Å². The van der Waals surface area contributed by atoms with E-state index in [0.717, 1.165) is 12.1 Å². The topological polar surface area (TPSA) is 58.6 Å². The molecule has 0 spiro atoms. The lowest BCUT2D eigenvalue weighted by Gasteiger charge is -2.16. The molecule has 1 aromatic carbocycles. The highest BCUT2D eigenvalue weighted by atomic mass is 16.5. The Morgan fingerprint density at radius 2 is 2.06 bits per heavy atom. The van der Waals surface area contributed by atoms with Gasteiger partial charge in [-0.1, -0.05) is 12.1 Å². The highest BCUT2D eigenvalue weighted by Crippen LogP contribution is 2.29. The summed E-state index contributed by atoms with van der Waals surface area (Å²) in [5.41, 5.74) is 1.05. The fourth-order valence-corrected chi connectivity index (χ4v) is 2.15. The number of hydrogen-bond acceptors (Lipinski definition) is 4. The van der Waals surface area contributed by atoms with Gasteiger partial charge in [0.25, 0.3) is 0 Å². The highest BCUT2D eigenvalue weighted by molar-refractivity contribution is 5.74. The van der Waals surface area contributed by atoms with Crippen LogP contribution >= 0.6 is 0 Å². The summed E-state index contributed by atoms with van der Waals surface area (Å²) in [7, 11) is 1.41. The van der Waals surface area contributed by atoms with Crippen molar-refractivity contribution in [1.82, 2.24) is 5.32 Å². The summed E-state index contributed by atoms with van der Waals surface area (Å²) in [6, 6.07) is 6.98. The molecule has 2 rings (SSSR count). The molecule has 1 saturated heterocycles. The van der Waals surface area contributed by atoms with Crippen molar-refractivity contribution < 1.29 is 14.6 Å². The molecule has 0 amide bonds. The van der Waals surface area contributed by atoms with Gasteiger partial charge in [0, 0.05) is 19.0 Å². The fourth-order valence-electron chi connectivity index (χ4n) is 2.15. The Morgan fingerprint density at radius 3 is 2.69 bits per heavy atom. The molecule has 1 aliphatic heterocycles. The summed E-state index contributed by atoms with van der Waals surface area (Å²) >= 11 is 0. The lowest BCUT2D eigenvalue weighted by Crippen LogP contribution is -2.22. The van der Waals surface area contributed by atoms with Gasteiger partial charge in [-0.2, -0.15) is 0 Å². The van der Waals surface area contributed by atoms with Crippen LogP contribution in [0, 0.1) is 5.92 Å². The van der Waals surface area contributed by atoms with Gasteiger partial charge in [0.2, 0.25) is 0 Å². The van der Waals surface area contributed by atoms with Crippen molar-refractivity contribution in [3.8, 4) is 5.75 Å². The van der Waals surface area contributed by atoms with Crippen LogP contribution in [-0.4, -0.2) is 31.3 Å². The van der Waals surface area contributed by atoms with Gasteiger partial charge in [-0.05, 0) is 17.7 Å². The van der Waals surface area contributed by atoms with Crippen LogP contribution in [-0.2, 0) is 9.53 Å². The Labute approximate surface area is 94.2 Å². The van der Waals surface area contributed by atoms with Gasteiger partial charge in [0.1, 0.15) is 5.75 Å². The molecule has 0 bridgehead atoms. The standard InChI is InChI=1S/C12H15NO3/c1-16-12(15)11-7-13-6-10(11)8-2-4-9(14)5-3-8/h2-5,10-11,13-14H,6-7H2,1H3/t10-,11-/m1/s1. The first-order chi connectivity index (χ1) is 7.72. The molecule has 16 heavy (non-hydrogen) atoms. The van der Waals surface area contributed by atoms with Gasteiger partial charge in [0.05, 0.1) is 13.0 Å². The number of nitrogens with one attached hydrogen (secondary N) is 1. The summed E-state index contributed by atoms with van der Waals surface area (Å²) in [4.78, 5) is 11.6. The number of carbonyl (C=O) groups excluding carboxylic acids is 1. The molecule has 4 nitrogen and oxygen atoms in total. The van der Waals surface area contributed by atoms with Gasteiger partial charge in [0.15, 0.2) is 0 Å². The third kappa shape index (κ3) is 2.02. The Balaban J connectivity index is 2.19. The summed E-state index contributed by atoms with van der Waals surface area (Å²) in [6.45, 7) is 1.42. The monoisotopic (exact) mass is 221 g/mol. The van der Waals surface area contributed by atoms with Gasteiger partial charge >= 0.3 is 5.97 Å². The minimum absolute atomic E-state index is 0.130. The first-order valence-electron chi connectivity index (χ1n) is 5.30. The van der Waals surface area contributed by atoms with E-state index in [0.29, 0.717) is 6.54 Å². The zero-order valence-corrected chi connectivity index (χ0v) is 9.14. The number of benzene rings is 1. The predicted molar refractivity (Wildman–Crippen MR) is 59.2 cm³/mol. The van der Waals surface area contributed by atoms with E-state index in [1.54, 1.807) is 12.1 Å². The number of esters is 1. The Hall–Kier alpha value is -1.55. The van der Waals surface area contributed by atoms with E-state index in [-0.39, 0.29) is 23.6 Å². The SMILES string of the molecule is COC(=O)[C@@H]1CNC[C@@H]1c1ccc(O)cc1. The van der Waals surface area contributed by atoms with Gasteiger partial charge < -0.3 is 15.2 Å². The Morgan fingerprint density at radius 1 is 1.38 bits per heavy atom. The smallest absolute Gasteiger partial charge is 0.310 e. The molecule has 0 saturated carbocycles. The third-order valence-corrected chi connectivity index (χ3v) is 3.04. The van der Waals surface area contributed by atoms with E-state index < -0.39 is 0 Å².